The number of aromatic amines is 1. The highest BCUT2D eigenvalue weighted by Crippen LogP contribution is 1.77. The van der Waals surface area contributed by atoms with Crippen molar-refractivity contribution in [2.45, 2.75) is 20.8 Å². The van der Waals surface area contributed by atoms with Crippen LogP contribution in [0.2, 0.25) is 0 Å². The lowest BCUT2D eigenvalue weighted by atomic mass is 10.5. The van der Waals surface area contributed by atoms with Crippen molar-refractivity contribution in [1.82, 2.24) is 14.8 Å². The van der Waals surface area contributed by atoms with E-state index in [4.69, 9.17) is 5.11 Å². The summed E-state index contributed by atoms with van der Waals surface area (Å²) in [6.45, 7) is 9.25. The molecule has 0 unspecified atom stereocenters. The van der Waals surface area contributed by atoms with Crippen LogP contribution in [0.3, 0.4) is 0 Å². The topological polar surface area (TPSA) is 105 Å². The number of aromatic nitrogens is 3. The van der Waals surface area contributed by atoms with Gasteiger partial charge >= 0.3 is 11.7 Å². The number of aromatic carboxylic acids is 1. The van der Waals surface area contributed by atoms with E-state index in [2.05, 4.69) is 11.7 Å². The fourth-order valence-electron chi connectivity index (χ4n) is 0.618. The molecule has 0 aliphatic rings. The number of rotatable bonds is 1. The monoisotopic (exact) mass is 243 g/mol. The fourth-order valence-corrected chi connectivity index (χ4v) is 0.618. The average Bonchev–Trinajstić information content (AvgIpc) is 2.27. The molecule has 0 fully saturated rings. The lowest BCUT2D eigenvalue weighted by Gasteiger charge is -1.94. The van der Waals surface area contributed by atoms with E-state index in [1.165, 1.54) is 7.05 Å². The highest BCUT2D eigenvalue weighted by molar-refractivity contribution is 5.84. The molecular weight excluding hydrogens is 226 g/mol. The Hall–Kier alpha value is -2.18. The average molecular weight is 243 g/mol. The van der Waals surface area contributed by atoms with Gasteiger partial charge < -0.3 is 5.11 Å². The lowest BCUT2D eigenvalue weighted by molar-refractivity contribution is 0.0685. The number of nitrogens with one attached hydrogen (secondary N) is 1. The number of hydrogen-bond acceptors (Lipinski definition) is 4. The molecular formula is C10H17N3O4. The molecule has 7 nitrogen and oxygen atoms in total. The number of carboxylic acids is 1. The van der Waals surface area contributed by atoms with Gasteiger partial charge in [0.1, 0.15) is 0 Å². The van der Waals surface area contributed by atoms with Crippen LogP contribution in [0.25, 0.3) is 0 Å². The van der Waals surface area contributed by atoms with Crippen LogP contribution in [0.15, 0.2) is 22.2 Å². The van der Waals surface area contributed by atoms with Crippen molar-refractivity contribution in [2.75, 3.05) is 0 Å². The van der Waals surface area contributed by atoms with E-state index in [1.807, 2.05) is 20.8 Å². The molecule has 1 rings (SSSR count). The SMILES string of the molecule is C=CC.CC.Cn1nc(C(=O)O)c(=O)[nH]c1=O. The molecule has 1 aromatic rings. The summed E-state index contributed by atoms with van der Waals surface area (Å²) in [5.74, 6) is -1.47. The van der Waals surface area contributed by atoms with Crippen LogP contribution in [-0.4, -0.2) is 25.8 Å². The van der Waals surface area contributed by atoms with Crippen LogP contribution in [0.1, 0.15) is 31.3 Å². The molecule has 0 spiro atoms. The second-order valence-corrected chi connectivity index (χ2v) is 2.44. The maximum atomic E-state index is 10.7. The van der Waals surface area contributed by atoms with Crippen molar-refractivity contribution in [3.05, 3.63) is 39.2 Å². The third kappa shape index (κ3) is 6.08. The molecule has 96 valence electrons. The van der Waals surface area contributed by atoms with Crippen molar-refractivity contribution in [1.29, 1.82) is 0 Å². The first-order valence-corrected chi connectivity index (χ1v) is 4.92. The van der Waals surface area contributed by atoms with Gasteiger partial charge in [0.2, 0.25) is 5.69 Å². The quantitative estimate of drug-likeness (QED) is 0.694. The van der Waals surface area contributed by atoms with Crippen molar-refractivity contribution >= 4 is 5.97 Å². The number of nitrogens with zero attached hydrogens (tertiary/aromatic N) is 2. The van der Waals surface area contributed by atoms with Crippen LogP contribution in [0, 0.1) is 0 Å². The Kier molecular flexibility index (Phi) is 9.19. The Morgan fingerprint density at radius 1 is 1.47 bits per heavy atom. The zero-order valence-electron chi connectivity index (χ0n) is 10.4. The molecule has 0 amide bonds. The Morgan fingerprint density at radius 3 is 2.24 bits per heavy atom. The summed E-state index contributed by atoms with van der Waals surface area (Å²) in [6.07, 6.45) is 1.75. The maximum absolute atomic E-state index is 10.7. The molecule has 0 aliphatic heterocycles. The zero-order chi connectivity index (χ0) is 14.0. The molecule has 0 bridgehead atoms. The largest absolute Gasteiger partial charge is 0.476 e. The Labute approximate surface area is 98.4 Å². The summed E-state index contributed by atoms with van der Waals surface area (Å²) in [4.78, 5) is 33.5. The van der Waals surface area contributed by atoms with Gasteiger partial charge in [0, 0.05) is 7.05 Å². The first-order chi connectivity index (χ1) is 7.93. The summed E-state index contributed by atoms with van der Waals surface area (Å²) in [7, 11) is 1.24. The smallest absolute Gasteiger partial charge is 0.362 e. The summed E-state index contributed by atoms with van der Waals surface area (Å²) in [5.41, 5.74) is -2.44. The van der Waals surface area contributed by atoms with E-state index in [9.17, 15) is 14.4 Å². The molecule has 1 aromatic heterocycles. The number of allylic oxidation sites excluding steroid dienone is 1. The Morgan fingerprint density at radius 2 is 1.88 bits per heavy atom. The molecule has 0 saturated carbocycles. The van der Waals surface area contributed by atoms with Gasteiger partial charge in [-0.05, 0) is 6.92 Å². The van der Waals surface area contributed by atoms with Crippen molar-refractivity contribution < 1.29 is 9.90 Å². The molecule has 0 aliphatic carbocycles. The normalized spacial score (nSPS) is 8.00. The van der Waals surface area contributed by atoms with E-state index in [0.717, 1.165) is 4.68 Å². The van der Waals surface area contributed by atoms with E-state index in [0.29, 0.717) is 0 Å². The minimum atomic E-state index is -1.47. The molecule has 7 heteroatoms. The highest BCUT2D eigenvalue weighted by Gasteiger charge is 2.11. The van der Waals surface area contributed by atoms with Crippen LogP contribution in [0.5, 0.6) is 0 Å². The minimum Gasteiger partial charge on any atom is -0.476 e. The third-order valence-corrected chi connectivity index (χ3v) is 1.18. The second kappa shape index (κ2) is 9.08. The first kappa shape index (κ1) is 17.2. The number of aryl methyl sites for hydroxylation is 1. The van der Waals surface area contributed by atoms with Crippen LogP contribution in [0.4, 0.5) is 0 Å². The predicted molar refractivity (Wildman–Crippen MR) is 64.3 cm³/mol. The molecule has 17 heavy (non-hydrogen) atoms. The van der Waals surface area contributed by atoms with E-state index < -0.39 is 22.9 Å². The highest BCUT2D eigenvalue weighted by atomic mass is 16.4. The van der Waals surface area contributed by atoms with Crippen LogP contribution in [-0.2, 0) is 7.05 Å². The van der Waals surface area contributed by atoms with Gasteiger partial charge in [-0.1, -0.05) is 19.9 Å². The first-order valence-electron chi connectivity index (χ1n) is 4.92. The summed E-state index contributed by atoms with van der Waals surface area (Å²) >= 11 is 0. The van der Waals surface area contributed by atoms with Gasteiger partial charge in [0.05, 0.1) is 0 Å². The summed E-state index contributed by atoms with van der Waals surface area (Å²) in [6, 6.07) is 0. The Bertz CT molecular complexity index is 473. The van der Waals surface area contributed by atoms with Gasteiger partial charge in [0.25, 0.3) is 5.56 Å². The van der Waals surface area contributed by atoms with Gasteiger partial charge in [-0.3, -0.25) is 9.78 Å². The second-order valence-electron chi connectivity index (χ2n) is 2.44. The van der Waals surface area contributed by atoms with Crippen LogP contribution >= 0.6 is 0 Å². The van der Waals surface area contributed by atoms with E-state index in [-0.39, 0.29) is 0 Å². The maximum Gasteiger partial charge on any atom is 0.362 e. The molecule has 0 radical (unpaired) electrons. The lowest BCUT2D eigenvalue weighted by Crippen LogP contribution is -2.34. The van der Waals surface area contributed by atoms with Crippen molar-refractivity contribution in [3.8, 4) is 0 Å². The number of hydrogen-bond donors (Lipinski definition) is 2. The summed E-state index contributed by atoms with van der Waals surface area (Å²) < 4.78 is 0.741. The predicted octanol–water partition coefficient (Wildman–Crippen LogP) is 0.385. The van der Waals surface area contributed by atoms with E-state index in [1.54, 1.807) is 11.1 Å². The van der Waals surface area contributed by atoms with Crippen molar-refractivity contribution in [3.63, 3.8) is 0 Å². The molecule has 0 saturated heterocycles. The number of H-pyrrole nitrogens is 1. The molecule has 0 aromatic carbocycles. The molecule has 1 heterocycles. The van der Waals surface area contributed by atoms with Crippen LogP contribution < -0.4 is 11.2 Å². The van der Waals surface area contributed by atoms with Gasteiger partial charge in [-0.15, -0.1) is 6.58 Å². The number of carbonyl (C=O) groups is 1. The standard InChI is InChI=1S/C5H5N3O4.C3H6.C2H6/c1-8-5(12)6-3(9)2(7-8)4(10)11;1-3-2;1-2/h1H3,(H,10,11)(H,6,9,12);3H,1H2,2H3;1-2H3. The summed E-state index contributed by atoms with van der Waals surface area (Å²) in [5, 5.41) is 11.6. The fraction of sp³-hybridized carbons (Fsp3) is 0.400. The van der Waals surface area contributed by atoms with Gasteiger partial charge in [-0.25, -0.2) is 14.3 Å². The van der Waals surface area contributed by atoms with Gasteiger partial charge in [-0.2, -0.15) is 5.10 Å². The minimum absolute atomic E-state index is 0.697. The number of carboxylic acid groups (broad SMARTS) is 1. The molecule has 0 atom stereocenters. The molecule has 2 N–H and O–H groups in total. The third-order valence-electron chi connectivity index (χ3n) is 1.18. The van der Waals surface area contributed by atoms with E-state index >= 15 is 0 Å². The van der Waals surface area contributed by atoms with Crippen molar-refractivity contribution in [2.24, 2.45) is 7.05 Å². The zero-order valence-corrected chi connectivity index (χ0v) is 10.4. The Balaban J connectivity index is 0. The van der Waals surface area contributed by atoms with Gasteiger partial charge in [0.15, 0.2) is 0 Å².